The summed E-state index contributed by atoms with van der Waals surface area (Å²) >= 11 is 0. The van der Waals surface area contributed by atoms with Gasteiger partial charge in [0.1, 0.15) is 0 Å². The number of aliphatic carboxylic acids is 1. The summed E-state index contributed by atoms with van der Waals surface area (Å²) in [5.74, 6) is -0.900. The molecule has 160 valence electrons. The van der Waals surface area contributed by atoms with Gasteiger partial charge in [0.2, 0.25) is 0 Å². The van der Waals surface area contributed by atoms with Gasteiger partial charge in [0.25, 0.3) is 0 Å². The average Bonchev–Trinajstić information content (AvgIpc) is 2.85. The number of likely N-dealkylation sites (tertiary alicyclic amines) is 1. The molecule has 1 atom stereocenters. The highest BCUT2D eigenvalue weighted by Crippen LogP contribution is 2.35. The van der Waals surface area contributed by atoms with E-state index in [1.165, 1.54) is 33.0 Å². The topological polar surface area (TPSA) is 40.5 Å². The number of piperidine rings is 1. The van der Waals surface area contributed by atoms with Crippen molar-refractivity contribution in [2.45, 2.75) is 18.9 Å². The van der Waals surface area contributed by atoms with E-state index in [0.29, 0.717) is 12.8 Å². The number of carboxylic acids is 1. The van der Waals surface area contributed by atoms with E-state index in [2.05, 4.69) is 95.9 Å². The molecule has 0 bridgehead atoms. The van der Waals surface area contributed by atoms with E-state index in [9.17, 15) is 9.90 Å². The molecule has 1 fully saturated rings. The molecule has 0 radical (unpaired) electrons. The van der Waals surface area contributed by atoms with Crippen LogP contribution >= 0.6 is 0 Å². The minimum Gasteiger partial charge on any atom is -0.481 e. The van der Waals surface area contributed by atoms with Crippen LogP contribution < -0.4 is 0 Å². The summed E-state index contributed by atoms with van der Waals surface area (Å²) in [6, 6.07) is 34.5. The van der Waals surface area contributed by atoms with Crippen molar-refractivity contribution < 1.29 is 9.90 Å². The van der Waals surface area contributed by atoms with Gasteiger partial charge in [-0.05, 0) is 65.0 Å². The van der Waals surface area contributed by atoms with Crippen LogP contribution in [0.2, 0.25) is 0 Å². The molecule has 1 aliphatic rings. The second kappa shape index (κ2) is 8.97. The fourth-order valence-corrected chi connectivity index (χ4v) is 4.89. The van der Waals surface area contributed by atoms with E-state index in [4.69, 9.17) is 0 Å². The molecule has 1 unspecified atom stereocenters. The van der Waals surface area contributed by atoms with Crippen molar-refractivity contribution in [3.05, 3.63) is 108 Å². The molecule has 4 aromatic carbocycles. The molecule has 5 rings (SSSR count). The Kier molecular flexibility index (Phi) is 5.74. The van der Waals surface area contributed by atoms with Gasteiger partial charge in [-0.1, -0.05) is 91.0 Å². The number of hydrogen-bond acceptors (Lipinski definition) is 2. The van der Waals surface area contributed by atoms with Gasteiger partial charge >= 0.3 is 5.97 Å². The first-order valence-electron chi connectivity index (χ1n) is 11.3. The maximum Gasteiger partial charge on any atom is 0.306 e. The summed E-state index contributed by atoms with van der Waals surface area (Å²) in [6.07, 6.45) is 1.39. The molecule has 3 heteroatoms. The van der Waals surface area contributed by atoms with Gasteiger partial charge in [-0.3, -0.25) is 9.69 Å². The van der Waals surface area contributed by atoms with Gasteiger partial charge in [-0.2, -0.15) is 0 Å². The Labute approximate surface area is 188 Å². The van der Waals surface area contributed by atoms with Crippen LogP contribution in [0.5, 0.6) is 0 Å². The van der Waals surface area contributed by atoms with Crippen molar-refractivity contribution in [2.75, 3.05) is 13.1 Å². The highest BCUT2D eigenvalue weighted by atomic mass is 16.4. The molecule has 3 nitrogen and oxygen atoms in total. The summed E-state index contributed by atoms with van der Waals surface area (Å²) in [5.41, 5.74) is 4.92. The van der Waals surface area contributed by atoms with Crippen molar-refractivity contribution >= 4 is 16.7 Å². The quantitative estimate of drug-likeness (QED) is 0.406. The number of fused-ring (bicyclic) bond motifs is 1. The van der Waals surface area contributed by atoms with Crippen LogP contribution in [0.1, 0.15) is 30.0 Å². The lowest BCUT2D eigenvalue weighted by atomic mass is 9.90. The highest BCUT2D eigenvalue weighted by molar-refractivity contribution is 5.83. The number of carboxylic acid groups (broad SMARTS) is 1. The fourth-order valence-electron chi connectivity index (χ4n) is 4.89. The van der Waals surface area contributed by atoms with E-state index in [-0.39, 0.29) is 12.0 Å². The lowest BCUT2D eigenvalue weighted by Gasteiger charge is -2.37. The SMILES string of the molecule is O=C(O)C1CCN(C(c2ccc(-c3ccccc3)cc2)c2ccc3ccccc3c2)CC1. The second-order valence-electron chi connectivity index (χ2n) is 8.65. The summed E-state index contributed by atoms with van der Waals surface area (Å²) in [6.45, 7) is 1.57. The monoisotopic (exact) mass is 421 g/mol. The van der Waals surface area contributed by atoms with Crippen LogP contribution in [0, 0.1) is 5.92 Å². The Morgan fingerprint density at radius 1 is 0.719 bits per heavy atom. The fraction of sp³-hybridized carbons (Fsp3) is 0.207. The molecular weight excluding hydrogens is 394 g/mol. The van der Waals surface area contributed by atoms with E-state index >= 15 is 0 Å². The lowest BCUT2D eigenvalue weighted by Crippen LogP contribution is -2.39. The van der Waals surface area contributed by atoms with E-state index in [1.54, 1.807) is 0 Å². The predicted molar refractivity (Wildman–Crippen MR) is 130 cm³/mol. The Hall–Kier alpha value is -3.43. The Bertz CT molecular complexity index is 1210. The lowest BCUT2D eigenvalue weighted by molar-refractivity contribution is -0.143. The molecule has 4 aromatic rings. The minimum absolute atomic E-state index is 0.110. The van der Waals surface area contributed by atoms with Gasteiger partial charge in [0.15, 0.2) is 0 Å². The number of rotatable bonds is 5. The van der Waals surface area contributed by atoms with Gasteiger partial charge in [-0.25, -0.2) is 0 Å². The molecular formula is C29H27NO2. The molecule has 1 saturated heterocycles. The number of hydrogen-bond donors (Lipinski definition) is 1. The van der Waals surface area contributed by atoms with Gasteiger partial charge in [0.05, 0.1) is 12.0 Å². The van der Waals surface area contributed by atoms with Crippen LogP contribution in [0.25, 0.3) is 21.9 Å². The normalized spacial score (nSPS) is 16.1. The third-order valence-corrected chi connectivity index (χ3v) is 6.67. The average molecular weight is 422 g/mol. The van der Waals surface area contributed by atoms with Crippen molar-refractivity contribution in [1.29, 1.82) is 0 Å². The second-order valence-corrected chi connectivity index (χ2v) is 8.65. The van der Waals surface area contributed by atoms with Crippen LogP contribution in [0.4, 0.5) is 0 Å². The predicted octanol–water partition coefficient (Wildman–Crippen LogP) is 6.39. The largest absolute Gasteiger partial charge is 0.481 e. The zero-order chi connectivity index (χ0) is 21.9. The Balaban J connectivity index is 1.51. The van der Waals surface area contributed by atoms with Gasteiger partial charge in [0, 0.05) is 0 Å². The third-order valence-electron chi connectivity index (χ3n) is 6.67. The van der Waals surface area contributed by atoms with E-state index in [1.807, 2.05) is 6.07 Å². The third kappa shape index (κ3) is 4.17. The first kappa shape index (κ1) is 20.5. The summed E-state index contributed by atoms with van der Waals surface area (Å²) in [4.78, 5) is 13.9. The van der Waals surface area contributed by atoms with Gasteiger partial charge < -0.3 is 5.11 Å². The summed E-state index contributed by atoms with van der Waals surface area (Å²) in [5, 5.41) is 11.9. The minimum atomic E-state index is -0.667. The Morgan fingerprint density at radius 3 is 2.00 bits per heavy atom. The Morgan fingerprint density at radius 2 is 1.31 bits per heavy atom. The smallest absolute Gasteiger partial charge is 0.306 e. The first-order valence-corrected chi connectivity index (χ1v) is 11.3. The molecule has 0 spiro atoms. The standard InChI is InChI=1S/C29H27NO2/c31-29(32)25-16-18-30(19-17-25)28(27-15-12-22-8-4-5-9-26(22)20-27)24-13-10-23(11-14-24)21-6-2-1-3-7-21/h1-15,20,25,28H,16-19H2,(H,31,32). The molecule has 32 heavy (non-hydrogen) atoms. The van der Waals surface area contributed by atoms with Crippen molar-refractivity contribution in [2.24, 2.45) is 5.92 Å². The maximum absolute atomic E-state index is 11.5. The maximum atomic E-state index is 11.5. The van der Waals surface area contributed by atoms with Gasteiger partial charge in [-0.15, -0.1) is 0 Å². The first-order chi connectivity index (χ1) is 15.7. The van der Waals surface area contributed by atoms with Crippen LogP contribution in [0.15, 0.2) is 97.1 Å². The van der Waals surface area contributed by atoms with Crippen LogP contribution in [-0.2, 0) is 4.79 Å². The van der Waals surface area contributed by atoms with Crippen LogP contribution in [0.3, 0.4) is 0 Å². The number of nitrogens with zero attached hydrogens (tertiary/aromatic N) is 1. The van der Waals surface area contributed by atoms with Crippen LogP contribution in [-0.4, -0.2) is 29.1 Å². The van der Waals surface area contributed by atoms with E-state index in [0.717, 1.165) is 13.1 Å². The summed E-state index contributed by atoms with van der Waals surface area (Å²) in [7, 11) is 0. The molecule has 0 aromatic heterocycles. The van der Waals surface area contributed by atoms with Crippen molar-refractivity contribution in [1.82, 2.24) is 4.90 Å². The molecule has 0 saturated carbocycles. The molecule has 1 aliphatic heterocycles. The van der Waals surface area contributed by atoms with E-state index < -0.39 is 5.97 Å². The zero-order valence-corrected chi connectivity index (χ0v) is 18.0. The molecule has 1 heterocycles. The molecule has 0 amide bonds. The summed E-state index contributed by atoms with van der Waals surface area (Å²) < 4.78 is 0. The number of carbonyl (C=O) groups is 1. The highest BCUT2D eigenvalue weighted by Gasteiger charge is 2.30. The van der Waals surface area contributed by atoms with Crippen molar-refractivity contribution in [3.8, 4) is 11.1 Å². The molecule has 1 N–H and O–H groups in total. The van der Waals surface area contributed by atoms with Crippen molar-refractivity contribution in [3.63, 3.8) is 0 Å². The molecule has 0 aliphatic carbocycles. The zero-order valence-electron chi connectivity index (χ0n) is 18.0. The number of benzene rings is 4.